The van der Waals surface area contributed by atoms with Crippen LogP contribution in [0.3, 0.4) is 0 Å². The number of nitrogens with one attached hydrogen (secondary N) is 1. The number of carbonyl (C=O) groups excluding carboxylic acids is 1. The molecule has 0 radical (unpaired) electrons. The molecule has 1 aromatic carbocycles. The molecule has 0 saturated heterocycles. The van der Waals surface area contributed by atoms with Gasteiger partial charge in [-0.05, 0) is 56.3 Å². The zero-order valence-electron chi connectivity index (χ0n) is 13.4. The molecule has 0 amide bonds. The molecule has 1 atom stereocenters. The average Bonchev–Trinajstić information content (AvgIpc) is 3.31. The van der Waals surface area contributed by atoms with E-state index < -0.39 is 5.54 Å². The quantitative estimate of drug-likeness (QED) is 0.785. The lowest BCUT2D eigenvalue weighted by Crippen LogP contribution is -2.58. The van der Waals surface area contributed by atoms with E-state index in [0.29, 0.717) is 19.1 Å². The van der Waals surface area contributed by atoms with E-state index in [1.165, 1.54) is 12.7 Å². The highest BCUT2D eigenvalue weighted by Gasteiger charge is 2.52. The van der Waals surface area contributed by atoms with Crippen LogP contribution < -0.4 is 10.1 Å². The summed E-state index contributed by atoms with van der Waals surface area (Å²) in [5, 5.41) is 3.31. The minimum Gasteiger partial charge on any atom is -0.491 e. The molecule has 1 N–H and O–H groups in total. The predicted molar refractivity (Wildman–Crippen MR) is 82.6 cm³/mol. The first kappa shape index (κ1) is 15.8. The van der Waals surface area contributed by atoms with Crippen LogP contribution in [0.5, 0.6) is 5.75 Å². The van der Waals surface area contributed by atoms with E-state index in [1.54, 1.807) is 0 Å². The van der Waals surface area contributed by atoms with Gasteiger partial charge >= 0.3 is 5.97 Å². The number of ether oxygens (including phenoxy) is 2. The minimum absolute atomic E-state index is 0.225. The van der Waals surface area contributed by atoms with E-state index >= 15 is 0 Å². The van der Waals surface area contributed by atoms with E-state index in [-0.39, 0.29) is 5.97 Å². The lowest BCUT2D eigenvalue weighted by atomic mass is 9.94. The Kier molecular flexibility index (Phi) is 4.88. The van der Waals surface area contributed by atoms with Crippen molar-refractivity contribution < 1.29 is 14.3 Å². The molecule has 1 aliphatic carbocycles. The van der Waals surface area contributed by atoms with Gasteiger partial charge in [0.05, 0.1) is 7.11 Å². The standard InChI is InChI=1S/C17H25NO3/c1-5-18-17(14-9-10-14,16(19)20-4)11-21-15-8-6-7-12(2)13(15)3/h6-8,14,18H,5,9-11H2,1-4H3. The van der Waals surface area contributed by atoms with Crippen molar-refractivity contribution in [2.45, 2.75) is 39.2 Å². The third-order valence-corrected chi connectivity index (χ3v) is 4.33. The Hall–Kier alpha value is -1.55. The highest BCUT2D eigenvalue weighted by molar-refractivity contribution is 5.82. The summed E-state index contributed by atoms with van der Waals surface area (Å²) in [6.45, 7) is 7.11. The summed E-state index contributed by atoms with van der Waals surface area (Å²) < 4.78 is 11.0. The Morgan fingerprint density at radius 3 is 2.67 bits per heavy atom. The van der Waals surface area contributed by atoms with E-state index in [4.69, 9.17) is 9.47 Å². The predicted octanol–water partition coefficient (Wildman–Crippen LogP) is 2.61. The van der Waals surface area contributed by atoms with Gasteiger partial charge in [0.15, 0.2) is 5.54 Å². The number of methoxy groups -OCH3 is 1. The molecule has 4 heteroatoms. The maximum Gasteiger partial charge on any atom is 0.329 e. The van der Waals surface area contributed by atoms with E-state index in [1.807, 2.05) is 26.0 Å². The molecule has 0 bridgehead atoms. The third-order valence-electron chi connectivity index (χ3n) is 4.33. The molecule has 2 rings (SSSR count). The van der Waals surface area contributed by atoms with Crippen molar-refractivity contribution in [3.8, 4) is 5.75 Å². The van der Waals surface area contributed by atoms with Crippen LogP contribution in [0.2, 0.25) is 0 Å². The number of hydrogen-bond acceptors (Lipinski definition) is 4. The van der Waals surface area contributed by atoms with Crippen LogP contribution in [0.25, 0.3) is 0 Å². The van der Waals surface area contributed by atoms with Gasteiger partial charge in [-0.3, -0.25) is 5.32 Å². The van der Waals surface area contributed by atoms with Crippen LogP contribution in [0.1, 0.15) is 30.9 Å². The third kappa shape index (κ3) is 3.21. The first-order valence-electron chi connectivity index (χ1n) is 7.57. The molecule has 1 aliphatic rings. The average molecular weight is 291 g/mol. The van der Waals surface area contributed by atoms with Gasteiger partial charge in [-0.15, -0.1) is 0 Å². The van der Waals surface area contributed by atoms with Gasteiger partial charge in [-0.1, -0.05) is 19.1 Å². The van der Waals surface area contributed by atoms with Crippen LogP contribution in [0.4, 0.5) is 0 Å². The first-order valence-corrected chi connectivity index (χ1v) is 7.57. The summed E-state index contributed by atoms with van der Waals surface area (Å²) in [4.78, 5) is 12.3. The molecule has 1 unspecified atom stereocenters. The van der Waals surface area contributed by atoms with Gasteiger partial charge in [0, 0.05) is 0 Å². The summed E-state index contributed by atoms with van der Waals surface area (Å²) in [6, 6.07) is 5.98. The molecule has 1 aromatic rings. The highest BCUT2D eigenvalue weighted by Crippen LogP contribution is 2.41. The molecule has 0 heterocycles. The highest BCUT2D eigenvalue weighted by atomic mass is 16.5. The fraction of sp³-hybridized carbons (Fsp3) is 0.588. The lowest BCUT2D eigenvalue weighted by Gasteiger charge is -2.32. The molecule has 21 heavy (non-hydrogen) atoms. The van der Waals surface area contributed by atoms with E-state index in [2.05, 4.69) is 18.3 Å². The fourth-order valence-corrected chi connectivity index (χ4v) is 2.76. The Balaban J connectivity index is 2.19. The molecule has 0 aromatic heterocycles. The second-order valence-electron chi connectivity index (χ2n) is 5.75. The number of benzene rings is 1. The first-order chi connectivity index (χ1) is 10.0. The summed E-state index contributed by atoms with van der Waals surface area (Å²) in [6.07, 6.45) is 2.08. The molecular formula is C17H25NO3. The largest absolute Gasteiger partial charge is 0.491 e. The van der Waals surface area contributed by atoms with Gasteiger partial charge in [-0.25, -0.2) is 4.79 Å². The molecule has 0 spiro atoms. The molecule has 0 aliphatic heterocycles. The van der Waals surface area contributed by atoms with Crippen molar-refractivity contribution in [3.05, 3.63) is 29.3 Å². The normalized spacial score (nSPS) is 17.1. The van der Waals surface area contributed by atoms with Crippen molar-refractivity contribution >= 4 is 5.97 Å². The lowest BCUT2D eigenvalue weighted by molar-refractivity contribution is -0.151. The maximum absolute atomic E-state index is 12.3. The molecule has 1 saturated carbocycles. The van der Waals surface area contributed by atoms with Crippen molar-refractivity contribution in [1.29, 1.82) is 0 Å². The van der Waals surface area contributed by atoms with Crippen molar-refractivity contribution in [1.82, 2.24) is 5.32 Å². The van der Waals surface area contributed by atoms with Gasteiger partial charge in [0.1, 0.15) is 12.4 Å². The van der Waals surface area contributed by atoms with Crippen LogP contribution in [0.15, 0.2) is 18.2 Å². The number of aryl methyl sites for hydroxylation is 1. The van der Waals surface area contributed by atoms with E-state index in [9.17, 15) is 4.79 Å². The number of likely N-dealkylation sites (N-methyl/N-ethyl adjacent to an activating group) is 1. The number of hydrogen-bond donors (Lipinski definition) is 1. The Morgan fingerprint density at radius 1 is 1.38 bits per heavy atom. The van der Waals surface area contributed by atoms with Gasteiger partial charge in [0.25, 0.3) is 0 Å². The van der Waals surface area contributed by atoms with E-state index in [0.717, 1.165) is 24.2 Å². The Labute approximate surface area is 126 Å². The maximum atomic E-state index is 12.3. The van der Waals surface area contributed by atoms with Gasteiger partial charge in [0.2, 0.25) is 0 Å². The van der Waals surface area contributed by atoms with Gasteiger partial charge in [-0.2, -0.15) is 0 Å². The smallest absolute Gasteiger partial charge is 0.329 e. The minimum atomic E-state index is -0.723. The van der Waals surface area contributed by atoms with Crippen molar-refractivity contribution in [2.24, 2.45) is 5.92 Å². The molecule has 4 nitrogen and oxygen atoms in total. The summed E-state index contributed by atoms with van der Waals surface area (Å²) >= 11 is 0. The number of rotatable bonds is 7. The second-order valence-corrected chi connectivity index (χ2v) is 5.75. The van der Waals surface area contributed by atoms with Crippen molar-refractivity contribution in [3.63, 3.8) is 0 Å². The SMILES string of the molecule is CCNC(COc1cccc(C)c1C)(C(=O)OC)C1CC1. The Bertz CT molecular complexity index is 511. The molecular weight excluding hydrogens is 266 g/mol. The molecule has 116 valence electrons. The topological polar surface area (TPSA) is 47.6 Å². The number of carbonyl (C=O) groups is 1. The summed E-state index contributed by atoms with van der Waals surface area (Å²) in [5.74, 6) is 0.911. The van der Waals surface area contributed by atoms with Crippen LogP contribution in [-0.2, 0) is 9.53 Å². The van der Waals surface area contributed by atoms with Crippen LogP contribution in [-0.4, -0.2) is 31.8 Å². The van der Waals surface area contributed by atoms with Gasteiger partial charge < -0.3 is 9.47 Å². The fourth-order valence-electron chi connectivity index (χ4n) is 2.76. The molecule has 1 fully saturated rings. The summed E-state index contributed by atoms with van der Waals surface area (Å²) in [7, 11) is 1.44. The summed E-state index contributed by atoms with van der Waals surface area (Å²) in [5.41, 5.74) is 1.58. The zero-order valence-corrected chi connectivity index (χ0v) is 13.4. The zero-order chi connectivity index (χ0) is 15.5. The van der Waals surface area contributed by atoms with Crippen LogP contribution >= 0.6 is 0 Å². The number of esters is 1. The second kappa shape index (κ2) is 6.48. The van der Waals surface area contributed by atoms with Crippen LogP contribution in [0, 0.1) is 19.8 Å². The Morgan fingerprint density at radius 2 is 2.10 bits per heavy atom. The monoisotopic (exact) mass is 291 g/mol. The van der Waals surface area contributed by atoms with Crippen molar-refractivity contribution in [2.75, 3.05) is 20.3 Å².